The minimum Gasteiger partial charge on any atom is -0.309 e. The molecule has 0 aliphatic heterocycles. The molecular formula is C52H32N2S. The lowest BCUT2D eigenvalue weighted by atomic mass is 9.99. The maximum absolute atomic E-state index is 2.46. The second-order valence-electron chi connectivity index (χ2n) is 14.5. The van der Waals surface area contributed by atoms with E-state index in [1.807, 2.05) is 11.3 Å². The van der Waals surface area contributed by atoms with E-state index in [1.165, 1.54) is 108 Å². The second kappa shape index (κ2) is 11.8. The molecule has 0 N–H and O–H groups in total. The van der Waals surface area contributed by atoms with Crippen LogP contribution in [-0.4, -0.2) is 9.13 Å². The lowest BCUT2D eigenvalue weighted by Gasteiger charge is -2.12. The fraction of sp³-hybridized carbons (Fsp3) is 0. The number of hydrogen-bond acceptors (Lipinski definition) is 1. The van der Waals surface area contributed by atoms with Gasteiger partial charge in [-0.05, 0) is 100 Å². The van der Waals surface area contributed by atoms with Gasteiger partial charge in [-0.3, -0.25) is 0 Å². The number of benzene rings is 9. The van der Waals surface area contributed by atoms with Crippen LogP contribution in [0, 0.1) is 0 Å². The molecule has 0 bridgehead atoms. The number of para-hydroxylation sites is 2. The maximum Gasteiger partial charge on any atom is 0.0541 e. The van der Waals surface area contributed by atoms with E-state index in [0.717, 1.165) is 0 Å². The van der Waals surface area contributed by atoms with E-state index in [1.54, 1.807) is 0 Å². The summed E-state index contributed by atoms with van der Waals surface area (Å²) in [6, 6.07) is 71.5. The molecule has 0 spiro atoms. The molecule has 2 nitrogen and oxygen atoms in total. The van der Waals surface area contributed by atoms with Crippen molar-refractivity contribution in [3.8, 4) is 33.6 Å². The van der Waals surface area contributed by atoms with Crippen molar-refractivity contribution < 1.29 is 0 Å². The predicted molar refractivity (Wildman–Crippen MR) is 236 cm³/mol. The summed E-state index contributed by atoms with van der Waals surface area (Å²) in [4.78, 5) is 0. The molecule has 0 unspecified atom stereocenters. The fourth-order valence-corrected chi connectivity index (χ4v) is 10.1. The Morgan fingerprint density at radius 1 is 0.291 bits per heavy atom. The van der Waals surface area contributed by atoms with Crippen LogP contribution in [0.15, 0.2) is 194 Å². The number of hydrogen-bond donors (Lipinski definition) is 0. The Bertz CT molecular complexity index is 3480. The molecule has 256 valence electrons. The summed E-state index contributed by atoms with van der Waals surface area (Å²) in [5, 5.41) is 10.2. The molecule has 3 heterocycles. The van der Waals surface area contributed by atoms with Gasteiger partial charge in [0.05, 0.1) is 27.8 Å². The Labute approximate surface area is 321 Å². The molecule has 12 aromatic rings. The molecule has 0 aliphatic rings. The summed E-state index contributed by atoms with van der Waals surface area (Å²) < 4.78 is 7.50. The molecule has 55 heavy (non-hydrogen) atoms. The lowest BCUT2D eigenvalue weighted by molar-refractivity contribution is 1.18. The first-order valence-corrected chi connectivity index (χ1v) is 19.7. The molecule has 12 rings (SSSR count). The number of aromatic nitrogens is 2. The Balaban J connectivity index is 1.09. The van der Waals surface area contributed by atoms with E-state index in [9.17, 15) is 0 Å². The molecule has 0 aliphatic carbocycles. The van der Waals surface area contributed by atoms with Crippen LogP contribution < -0.4 is 0 Å². The van der Waals surface area contributed by atoms with Gasteiger partial charge >= 0.3 is 0 Å². The first-order valence-electron chi connectivity index (χ1n) is 18.8. The fourth-order valence-electron chi connectivity index (χ4n) is 8.96. The van der Waals surface area contributed by atoms with Gasteiger partial charge in [-0.1, -0.05) is 121 Å². The Hall–Kier alpha value is -6.94. The highest BCUT2D eigenvalue weighted by Gasteiger charge is 2.18. The summed E-state index contributed by atoms with van der Waals surface area (Å²) in [5.74, 6) is 0. The van der Waals surface area contributed by atoms with E-state index in [4.69, 9.17) is 0 Å². The largest absolute Gasteiger partial charge is 0.309 e. The highest BCUT2D eigenvalue weighted by molar-refractivity contribution is 7.25. The number of thiophene rings is 1. The van der Waals surface area contributed by atoms with Crippen LogP contribution in [-0.2, 0) is 0 Å². The van der Waals surface area contributed by atoms with Gasteiger partial charge in [-0.2, -0.15) is 0 Å². The molecular weight excluding hydrogens is 685 g/mol. The average molecular weight is 717 g/mol. The molecule has 3 aromatic heterocycles. The Kier molecular flexibility index (Phi) is 6.54. The van der Waals surface area contributed by atoms with Gasteiger partial charge in [0.2, 0.25) is 0 Å². The van der Waals surface area contributed by atoms with E-state index >= 15 is 0 Å². The van der Waals surface area contributed by atoms with Gasteiger partial charge in [-0.15, -0.1) is 11.3 Å². The SMILES string of the molecule is c1ccc(-n2c3ccccc3c3cc(-c4ccc5c(c4)c4cc(-c6ccc7c(c6)sc6ccccc67)ccc4n5-c4cccc5ccccc45)ccc32)cc1. The standard InChI is InChI=1S/C52H32N2S/c1-2-13-38(14-3-1)53-47-18-8-6-16-40(47)43-29-34(22-26-48(43)53)35-23-27-49-44(30-35)45-31-36(37-21-25-42-41-17-7-9-20-51(41)55-52(42)32-37)24-28-50(45)54(49)46-19-10-12-33-11-4-5-15-39(33)46/h1-32H. The number of nitrogens with zero attached hydrogens (tertiary/aromatic N) is 2. The topological polar surface area (TPSA) is 9.86 Å². The molecule has 0 fully saturated rings. The highest BCUT2D eigenvalue weighted by Crippen LogP contribution is 2.42. The monoisotopic (exact) mass is 716 g/mol. The zero-order valence-electron chi connectivity index (χ0n) is 29.8. The van der Waals surface area contributed by atoms with Gasteiger partial charge in [0.1, 0.15) is 0 Å². The summed E-state index contributed by atoms with van der Waals surface area (Å²) >= 11 is 1.87. The highest BCUT2D eigenvalue weighted by atomic mass is 32.1. The quantitative estimate of drug-likeness (QED) is 0.172. The third-order valence-corrected chi connectivity index (χ3v) is 12.6. The van der Waals surface area contributed by atoms with Crippen molar-refractivity contribution in [1.29, 1.82) is 0 Å². The van der Waals surface area contributed by atoms with Crippen LogP contribution in [0.5, 0.6) is 0 Å². The molecule has 9 aromatic carbocycles. The van der Waals surface area contributed by atoms with Crippen molar-refractivity contribution in [2.24, 2.45) is 0 Å². The van der Waals surface area contributed by atoms with Crippen molar-refractivity contribution in [1.82, 2.24) is 9.13 Å². The van der Waals surface area contributed by atoms with Crippen LogP contribution in [0.25, 0.3) is 108 Å². The van der Waals surface area contributed by atoms with E-state index in [0.29, 0.717) is 0 Å². The van der Waals surface area contributed by atoms with E-state index in [2.05, 4.69) is 203 Å². The molecule has 0 saturated heterocycles. The van der Waals surface area contributed by atoms with Gasteiger partial charge in [-0.25, -0.2) is 0 Å². The van der Waals surface area contributed by atoms with E-state index < -0.39 is 0 Å². The summed E-state index contributed by atoms with van der Waals surface area (Å²) in [5.41, 5.74) is 12.1. The predicted octanol–water partition coefficient (Wildman–Crippen LogP) is 14.7. The number of fused-ring (bicyclic) bond motifs is 10. The average Bonchev–Trinajstić information content (AvgIpc) is 3.90. The molecule has 0 saturated carbocycles. The van der Waals surface area contributed by atoms with Crippen LogP contribution in [0.2, 0.25) is 0 Å². The smallest absolute Gasteiger partial charge is 0.0541 e. The molecule has 0 atom stereocenters. The van der Waals surface area contributed by atoms with Crippen molar-refractivity contribution in [3.05, 3.63) is 194 Å². The van der Waals surface area contributed by atoms with E-state index in [-0.39, 0.29) is 0 Å². The van der Waals surface area contributed by atoms with Crippen molar-refractivity contribution in [2.45, 2.75) is 0 Å². The first-order chi connectivity index (χ1) is 27.3. The third kappa shape index (κ3) is 4.60. The summed E-state index contributed by atoms with van der Waals surface area (Å²) in [6.07, 6.45) is 0. The minimum absolute atomic E-state index is 1.17. The third-order valence-electron chi connectivity index (χ3n) is 11.5. The molecule has 0 radical (unpaired) electrons. The van der Waals surface area contributed by atoms with Crippen LogP contribution in [0.1, 0.15) is 0 Å². The number of rotatable bonds is 4. The van der Waals surface area contributed by atoms with Crippen molar-refractivity contribution in [3.63, 3.8) is 0 Å². The van der Waals surface area contributed by atoms with Crippen molar-refractivity contribution >= 4 is 85.9 Å². The van der Waals surface area contributed by atoms with Crippen molar-refractivity contribution in [2.75, 3.05) is 0 Å². The van der Waals surface area contributed by atoms with Gasteiger partial charge in [0.25, 0.3) is 0 Å². The molecule has 0 amide bonds. The Morgan fingerprint density at radius 3 is 1.55 bits per heavy atom. The van der Waals surface area contributed by atoms with Gasteiger partial charge in [0.15, 0.2) is 0 Å². The minimum atomic E-state index is 1.17. The first kappa shape index (κ1) is 30.5. The van der Waals surface area contributed by atoms with Crippen LogP contribution in [0.3, 0.4) is 0 Å². The zero-order valence-corrected chi connectivity index (χ0v) is 30.6. The lowest BCUT2D eigenvalue weighted by Crippen LogP contribution is -1.95. The van der Waals surface area contributed by atoms with Crippen LogP contribution >= 0.6 is 11.3 Å². The Morgan fingerprint density at radius 2 is 0.800 bits per heavy atom. The van der Waals surface area contributed by atoms with Crippen LogP contribution in [0.4, 0.5) is 0 Å². The van der Waals surface area contributed by atoms with Gasteiger partial charge < -0.3 is 9.13 Å². The summed E-state index contributed by atoms with van der Waals surface area (Å²) in [6.45, 7) is 0. The zero-order chi connectivity index (χ0) is 36.0. The molecule has 3 heteroatoms. The maximum atomic E-state index is 2.46. The van der Waals surface area contributed by atoms with Gasteiger partial charge in [0, 0.05) is 52.8 Å². The normalized spacial score (nSPS) is 12.0. The summed E-state index contributed by atoms with van der Waals surface area (Å²) in [7, 11) is 0. The second-order valence-corrected chi connectivity index (χ2v) is 15.6.